The Morgan fingerprint density at radius 1 is 0.938 bits per heavy atom. The molecular formula is C17H33N7O7S. The molecule has 184 valence electrons. The summed E-state index contributed by atoms with van der Waals surface area (Å²) in [6.45, 7) is 2.63. The van der Waals surface area contributed by atoms with Crippen LogP contribution >= 0.6 is 12.6 Å². The Morgan fingerprint density at radius 2 is 1.47 bits per heavy atom. The SMILES string of the molecule is CC(O)C(NC(=O)C(NC(=O)C(CS)NC(=O)C(N)CCCN=C(N)N)C(C)O)C(=O)O. The van der Waals surface area contributed by atoms with Gasteiger partial charge in [0.15, 0.2) is 12.0 Å². The number of aliphatic hydroxyl groups is 2. The molecule has 6 unspecified atom stereocenters. The van der Waals surface area contributed by atoms with E-state index in [9.17, 15) is 29.4 Å². The van der Waals surface area contributed by atoms with E-state index in [1.807, 2.05) is 5.32 Å². The summed E-state index contributed by atoms with van der Waals surface area (Å²) in [5.41, 5.74) is 16.2. The van der Waals surface area contributed by atoms with Crippen LogP contribution in [-0.4, -0.2) is 93.6 Å². The highest BCUT2D eigenvalue weighted by Crippen LogP contribution is 2.02. The summed E-state index contributed by atoms with van der Waals surface area (Å²) in [6, 6.07) is -5.37. The average Bonchev–Trinajstić information content (AvgIpc) is 2.69. The predicted molar refractivity (Wildman–Crippen MR) is 119 cm³/mol. The van der Waals surface area contributed by atoms with Crippen LogP contribution in [0.25, 0.3) is 0 Å². The van der Waals surface area contributed by atoms with Crippen molar-refractivity contribution in [2.45, 2.75) is 63.1 Å². The third kappa shape index (κ3) is 10.6. The zero-order valence-corrected chi connectivity index (χ0v) is 18.8. The largest absolute Gasteiger partial charge is 0.480 e. The number of hydrogen-bond acceptors (Lipinski definition) is 9. The molecule has 0 aromatic heterocycles. The fraction of sp³-hybridized carbons (Fsp3) is 0.706. The van der Waals surface area contributed by atoms with E-state index >= 15 is 0 Å². The quantitative estimate of drug-likeness (QED) is 0.0495. The van der Waals surface area contributed by atoms with Crippen molar-refractivity contribution in [3.05, 3.63) is 0 Å². The molecule has 0 rings (SSSR count). The summed E-state index contributed by atoms with van der Waals surface area (Å²) in [5, 5.41) is 35.1. The van der Waals surface area contributed by atoms with Crippen molar-refractivity contribution in [2.75, 3.05) is 12.3 Å². The summed E-state index contributed by atoms with van der Waals surface area (Å²) in [5.74, 6) is -4.29. The maximum Gasteiger partial charge on any atom is 0.328 e. The lowest BCUT2D eigenvalue weighted by Crippen LogP contribution is -2.61. The van der Waals surface area contributed by atoms with E-state index in [-0.39, 0.29) is 24.7 Å². The number of aliphatic carboxylic acids is 1. The number of amides is 3. The normalized spacial score (nSPS) is 16.4. The topological polar surface area (TPSA) is 255 Å². The van der Waals surface area contributed by atoms with E-state index in [1.165, 1.54) is 6.92 Å². The van der Waals surface area contributed by atoms with Gasteiger partial charge in [0.2, 0.25) is 17.7 Å². The Morgan fingerprint density at radius 3 is 1.91 bits per heavy atom. The molecule has 3 amide bonds. The van der Waals surface area contributed by atoms with Crippen molar-refractivity contribution in [1.82, 2.24) is 16.0 Å². The van der Waals surface area contributed by atoms with Gasteiger partial charge in [0.05, 0.1) is 18.2 Å². The number of hydrogen-bond donors (Lipinski definition) is 10. The molecule has 0 heterocycles. The van der Waals surface area contributed by atoms with Gasteiger partial charge >= 0.3 is 5.97 Å². The second-order valence-electron chi connectivity index (χ2n) is 7.09. The van der Waals surface area contributed by atoms with Crippen molar-refractivity contribution >= 4 is 42.3 Å². The maximum absolute atomic E-state index is 12.5. The molecule has 0 aliphatic rings. The minimum atomic E-state index is -1.65. The van der Waals surface area contributed by atoms with Crippen LogP contribution in [0.1, 0.15) is 26.7 Å². The van der Waals surface area contributed by atoms with Crippen molar-refractivity contribution in [2.24, 2.45) is 22.2 Å². The van der Waals surface area contributed by atoms with Gasteiger partial charge in [0, 0.05) is 12.3 Å². The third-order valence-electron chi connectivity index (χ3n) is 4.23. The van der Waals surface area contributed by atoms with Crippen LogP contribution in [0.15, 0.2) is 4.99 Å². The Balaban J connectivity index is 5.04. The van der Waals surface area contributed by atoms with Crippen LogP contribution in [-0.2, 0) is 19.2 Å². The molecule has 12 N–H and O–H groups in total. The first kappa shape index (κ1) is 29.4. The summed E-state index contributed by atoms with van der Waals surface area (Å²) in [7, 11) is 0. The van der Waals surface area contributed by atoms with Gasteiger partial charge in [-0.2, -0.15) is 12.6 Å². The monoisotopic (exact) mass is 479 g/mol. The van der Waals surface area contributed by atoms with E-state index in [4.69, 9.17) is 22.3 Å². The molecular weight excluding hydrogens is 446 g/mol. The van der Waals surface area contributed by atoms with Gasteiger partial charge in [-0.1, -0.05) is 0 Å². The van der Waals surface area contributed by atoms with Gasteiger partial charge in [-0.25, -0.2) is 4.79 Å². The van der Waals surface area contributed by atoms with E-state index in [1.54, 1.807) is 0 Å². The van der Waals surface area contributed by atoms with Gasteiger partial charge in [0.1, 0.15) is 12.1 Å². The van der Waals surface area contributed by atoms with Crippen LogP contribution in [0.3, 0.4) is 0 Å². The van der Waals surface area contributed by atoms with Crippen LogP contribution in [0.4, 0.5) is 0 Å². The van der Waals surface area contributed by atoms with E-state index in [2.05, 4.69) is 28.3 Å². The van der Waals surface area contributed by atoms with Crippen LogP contribution in [0.5, 0.6) is 0 Å². The lowest BCUT2D eigenvalue weighted by atomic mass is 10.1. The molecule has 0 aromatic rings. The number of nitrogens with zero attached hydrogens (tertiary/aromatic N) is 1. The number of aliphatic imine (C=N–C) groups is 1. The number of carbonyl (C=O) groups excluding carboxylic acids is 3. The number of nitrogens with one attached hydrogen (secondary N) is 3. The molecule has 0 fully saturated rings. The number of aliphatic hydroxyl groups excluding tert-OH is 2. The minimum absolute atomic E-state index is 0.0883. The molecule has 6 atom stereocenters. The molecule has 0 bridgehead atoms. The van der Waals surface area contributed by atoms with Gasteiger partial charge in [-0.05, 0) is 26.7 Å². The molecule has 0 radical (unpaired) electrons. The Hall–Kier alpha value is -2.62. The number of nitrogens with two attached hydrogens (primary N) is 3. The first-order valence-corrected chi connectivity index (χ1v) is 10.4. The van der Waals surface area contributed by atoms with E-state index < -0.39 is 60.1 Å². The number of carbonyl (C=O) groups is 4. The summed E-state index contributed by atoms with van der Waals surface area (Å²) in [4.78, 5) is 52.0. The van der Waals surface area contributed by atoms with Crippen LogP contribution in [0, 0.1) is 0 Å². The Kier molecular flexibility index (Phi) is 13.3. The van der Waals surface area contributed by atoms with Crippen molar-refractivity contribution in [3.63, 3.8) is 0 Å². The summed E-state index contributed by atoms with van der Waals surface area (Å²) >= 11 is 4.01. The third-order valence-corrected chi connectivity index (χ3v) is 4.59. The summed E-state index contributed by atoms with van der Waals surface area (Å²) in [6.07, 6.45) is -2.20. The highest BCUT2D eigenvalue weighted by atomic mass is 32.1. The molecule has 14 nitrogen and oxygen atoms in total. The molecule has 32 heavy (non-hydrogen) atoms. The minimum Gasteiger partial charge on any atom is -0.480 e. The predicted octanol–water partition coefficient (Wildman–Crippen LogP) is -4.40. The number of carboxylic acid groups (broad SMARTS) is 1. The second-order valence-corrected chi connectivity index (χ2v) is 7.46. The van der Waals surface area contributed by atoms with Gasteiger partial charge < -0.3 is 48.5 Å². The number of rotatable bonds is 14. The molecule has 0 saturated carbocycles. The first-order valence-electron chi connectivity index (χ1n) is 9.73. The fourth-order valence-electron chi connectivity index (χ4n) is 2.41. The highest BCUT2D eigenvalue weighted by molar-refractivity contribution is 7.80. The zero-order valence-electron chi connectivity index (χ0n) is 17.9. The van der Waals surface area contributed by atoms with E-state index in [0.29, 0.717) is 6.42 Å². The molecule has 0 aliphatic heterocycles. The molecule has 0 saturated heterocycles. The first-order chi connectivity index (χ1) is 14.8. The lowest BCUT2D eigenvalue weighted by molar-refractivity contribution is -0.146. The van der Waals surface area contributed by atoms with Gasteiger partial charge in [0.25, 0.3) is 0 Å². The fourth-order valence-corrected chi connectivity index (χ4v) is 2.67. The van der Waals surface area contributed by atoms with Gasteiger partial charge in [-0.15, -0.1) is 0 Å². The Bertz CT molecular complexity index is 686. The smallest absolute Gasteiger partial charge is 0.328 e. The maximum atomic E-state index is 12.5. The molecule has 15 heteroatoms. The molecule has 0 spiro atoms. The molecule has 0 aromatic carbocycles. The van der Waals surface area contributed by atoms with Crippen LogP contribution in [0.2, 0.25) is 0 Å². The van der Waals surface area contributed by atoms with Crippen molar-refractivity contribution in [3.8, 4) is 0 Å². The van der Waals surface area contributed by atoms with Crippen LogP contribution < -0.4 is 33.2 Å². The lowest BCUT2D eigenvalue weighted by Gasteiger charge is -2.26. The average molecular weight is 480 g/mol. The van der Waals surface area contributed by atoms with Crippen molar-refractivity contribution in [1.29, 1.82) is 0 Å². The zero-order chi connectivity index (χ0) is 25.0. The second kappa shape index (κ2) is 14.4. The number of guanidine groups is 1. The number of thiol groups is 1. The molecule has 0 aliphatic carbocycles. The Labute approximate surface area is 190 Å². The van der Waals surface area contributed by atoms with Crippen molar-refractivity contribution < 1.29 is 34.5 Å². The number of carboxylic acids is 1. The van der Waals surface area contributed by atoms with Gasteiger partial charge in [-0.3, -0.25) is 19.4 Å². The van der Waals surface area contributed by atoms with E-state index in [0.717, 1.165) is 6.92 Å². The summed E-state index contributed by atoms with van der Waals surface area (Å²) < 4.78 is 0. The highest BCUT2D eigenvalue weighted by Gasteiger charge is 2.33. The standard InChI is InChI=1S/C17H33N7O7S/c1-7(25)11(15(29)24-12(8(2)26)16(30)31)23-14(28)10(6-32)22-13(27)9(18)4-3-5-21-17(19)20/h7-12,25-26,32H,3-6,18H2,1-2H3,(H,22,27)(H,23,28)(H,24,29)(H,30,31)(H4,19,20,21).